The first-order chi connectivity index (χ1) is 8.67. The molecule has 0 saturated heterocycles. The number of anilines is 1. The molecule has 1 atom stereocenters. The van der Waals surface area contributed by atoms with Crippen LogP contribution in [-0.2, 0) is 4.79 Å². The molecular weight excluding hydrogens is 250 g/mol. The van der Waals surface area contributed by atoms with Crippen molar-refractivity contribution in [2.24, 2.45) is 11.7 Å². The first-order valence-electron chi connectivity index (χ1n) is 6.26. The number of pyridine rings is 1. The Morgan fingerprint density at radius 3 is 2.94 bits per heavy atom. The van der Waals surface area contributed by atoms with Crippen LogP contribution in [0.15, 0.2) is 18.5 Å². The fourth-order valence-electron chi connectivity index (χ4n) is 1.81. The van der Waals surface area contributed by atoms with Crippen LogP contribution >= 0.6 is 11.6 Å². The molecule has 1 amide bonds. The van der Waals surface area contributed by atoms with E-state index in [1.165, 1.54) is 0 Å². The number of aromatic nitrogens is 1. The van der Waals surface area contributed by atoms with Crippen LogP contribution in [0, 0.1) is 5.92 Å². The molecule has 1 aromatic rings. The summed E-state index contributed by atoms with van der Waals surface area (Å²) in [6.45, 7) is 2.80. The molecule has 5 heteroatoms. The Hall–Kier alpha value is -1.13. The molecule has 1 unspecified atom stereocenters. The minimum atomic E-state index is -0.0274. The number of carbonyl (C=O) groups is 1. The molecule has 0 bridgehead atoms. The lowest BCUT2D eigenvalue weighted by Gasteiger charge is -2.13. The van der Waals surface area contributed by atoms with E-state index in [1.807, 2.05) is 0 Å². The summed E-state index contributed by atoms with van der Waals surface area (Å²) >= 11 is 5.94. The number of hydrogen-bond acceptors (Lipinski definition) is 3. The molecule has 0 spiro atoms. The number of nitrogens with two attached hydrogens (primary N) is 1. The number of nitrogens with one attached hydrogen (secondary N) is 1. The summed E-state index contributed by atoms with van der Waals surface area (Å²) in [5, 5.41) is 3.27. The second kappa shape index (κ2) is 8.06. The van der Waals surface area contributed by atoms with Crippen LogP contribution in [-0.4, -0.2) is 17.4 Å². The van der Waals surface area contributed by atoms with Gasteiger partial charge in [-0.05, 0) is 31.4 Å². The third kappa shape index (κ3) is 5.02. The van der Waals surface area contributed by atoms with Crippen molar-refractivity contribution in [2.75, 3.05) is 11.9 Å². The summed E-state index contributed by atoms with van der Waals surface area (Å²) in [6.07, 6.45) is 6.51. The summed E-state index contributed by atoms with van der Waals surface area (Å²) in [6, 6.07) is 1.65. The lowest BCUT2D eigenvalue weighted by atomic mass is 9.96. The molecular formula is C13H20ClN3O. The molecule has 4 nitrogen and oxygen atoms in total. The maximum Gasteiger partial charge on any atom is 0.224 e. The highest BCUT2D eigenvalue weighted by atomic mass is 35.5. The van der Waals surface area contributed by atoms with Gasteiger partial charge in [0.15, 0.2) is 0 Å². The summed E-state index contributed by atoms with van der Waals surface area (Å²) in [5.74, 6) is 0.491. The van der Waals surface area contributed by atoms with Gasteiger partial charge in [-0.15, -0.1) is 0 Å². The number of halogens is 1. The molecule has 100 valence electrons. The van der Waals surface area contributed by atoms with Gasteiger partial charge in [0.2, 0.25) is 5.91 Å². The largest absolute Gasteiger partial charge is 0.330 e. The highest BCUT2D eigenvalue weighted by molar-refractivity contribution is 6.33. The maximum atomic E-state index is 11.8. The van der Waals surface area contributed by atoms with E-state index in [9.17, 15) is 4.79 Å². The van der Waals surface area contributed by atoms with Gasteiger partial charge in [-0.25, -0.2) is 0 Å². The molecule has 18 heavy (non-hydrogen) atoms. The zero-order chi connectivity index (χ0) is 13.4. The number of amides is 1. The zero-order valence-corrected chi connectivity index (χ0v) is 11.4. The minimum Gasteiger partial charge on any atom is -0.330 e. The van der Waals surface area contributed by atoms with Gasteiger partial charge in [0, 0.05) is 12.6 Å². The fraction of sp³-hybridized carbons (Fsp3) is 0.538. The normalized spacial score (nSPS) is 12.2. The Kier molecular flexibility index (Phi) is 6.68. The number of rotatable bonds is 7. The Morgan fingerprint density at radius 1 is 1.56 bits per heavy atom. The van der Waals surface area contributed by atoms with Gasteiger partial charge in [-0.2, -0.15) is 0 Å². The van der Waals surface area contributed by atoms with E-state index in [-0.39, 0.29) is 5.91 Å². The standard InChI is InChI=1S/C13H20ClN3O/c1-2-10(5-7-15)3-4-13(18)17-12-9-16-8-6-11(12)14/h6,8-10H,2-5,7,15H2,1H3,(H,17,18). The van der Waals surface area contributed by atoms with Crippen LogP contribution in [0.3, 0.4) is 0 Å². The van der Waals surface area contributed by atoms with E-state index >= 15 is 0 Å². The van der Waals surface area contributed by atoms with Crippen LogP contribution in [0.4, 0.5) is 5.69 Å². The first kappa shape index (κ1) is 14.9. The Labute approximate surface area is 113 Å². The third-order valence-corrected chi connectivity index (χ3v) is 3.30. The zero-order valence-electron chi connectivity index (χ0n) is 10.7. The summed E-state index contributed by atoms with van der Waals surface area (Å²) in [4.78, 5) is 15.7. The molecule has 0 saturated carbocycles. The smallest absolute Gasteiger partial charge is 0.224 e. The van der Waals surface area contributed by atoms with E-state index < -0.39 is 0 Å². The van der Waals surface area contributed by atoms with E-state index in [1.54, 1.807) is 18.5 Å². The lowest BCUT2D eigenvalue weighted by Crippen LogP contribution is -2.15. The van der Waals surface area contributed by atoms with Gasteiger partial charge in [-0.3, -0.25) is 9.78 Å². The average molecular weight is 270 g/mol. The van der Waals surface area contributed by atoms with Crippen molar-refractivity contribution in [3.63, 3.8) is 0 Å². The minimum absolute atomic E-state index is 0.0274. The van der Waals surface area contributed by atoms with Gasteiger partial charge in [-0.1, -0.05) is 24.9 Å². The maximum absolute atomic E-state index is 11.8. The van der Waals surface area contributed by atoms with Crippen LogP contribution in [0.5, 0.6) is 0 Å². The molecule has 1 aromatic heterocycles. The quantitative estimate of drug-likeness (QED) is 0.800. The van der Waals surface area contributed by atoms with Crippen molar-refractivity contribution < 1.29 is 4.79 Å². The van der Waals surface area contributed by atoms with E-state index in [4.69, 9.17) is 17.3 Å². The number of hydrogen-bond donors (Lipinski definition) is 2. The molecule has 1 heterocycles. The van der Waals surface area contributed by atoms with Gasteiger partial charge >= 0.3 is 0 Å². The Bertz CT molecular complexity index is 384. The second-order valence-corrected chi connectivity index (χ2v) is 4.70. The molecule has 1 rings (SSSR count). The molecule has 0 aliphatic rings. The van der Waals surface area contributed by atoms with Crippen LogP contribution in [0.25, 0.3) is 0 Å². The molecule has 0 aliphatic heterocycles. The van der Waals surface area contributed by atoms with E-state index in [2.05, 4.69) is 17.2 Å². The van der Waals surface area contributed by atoms with Gasteiger partial charge < -0.3 is 11.1 Å². The van der Waals surface area contributed by atoms with E-state index in [0.29, 0.717) is 29.6 Å². The molecule has 0 aromatic carbocycles. The number of nitrogens with zero attached hydrogens (tertiary/aromatic N) is 1. The van der Waals surface area contributed by atoms with Gasteiger partial charge in [0.25, 0.3) is 0 Å². The highest BCUT2D eigenvalue weighted by Crippen LogP contribution is 2.20. The van der Waals surface area contributed by atoms with Crippen molar-refractivity contribution in [1.82, 2.24) is 4.98 Å². The predicted octanol–water partition coefficient (Wildman–Crippen LogP) is 2.83. The van der Waals surface area contributed by atoms with Crippen molar-refractivity contribution in [3.05, 3.63) is 23.5 Å². The molecule has 0 aliphatic carbocycles. The van der Waals surface area contributed by atoms with Crippen molar-refractivity contribution >= 4 is 23.2 Å². The predicted molar refractivity (Wildman–Crippen MR) is 74.6 cm³/mol. The summed E-state index contributed by atoms with van der Waals surface area (Å²) in [7, 11) is 0. The van der Waals surface area contributed by atoms with Crippen LogP contribution in [0.2, 0.25) is 5.02 Å². The second-order valence-electron chi connectivity index (χ2n) is 4.29. The third-order valence-electron chi connectivity index (χ3n) is 2.97. The highest BCUT2D eigenvalue weighted by Gasteiger charge is 2.10. The van der Waals surface area contributed by atoms with Gasteiger partial charge in [0.05, 0.1) is 16.9 Å². The first-order valence-corrected chi connectivity index (χ1v) is 6.64. The Morgan fingerprint density at radius 2 is 2.33 bits per heavy atom. The van der Waals surface area contributed by atoms with Gasteiger partial charge in [0.1, 0.15) is 0 Å². The van der Waals surface area contributed by atoms with Crippen molar-refractivity contribution in [3.8, 4) is 0 Å². The van der Waals surface area contributed by atoms with E-state index in [0.717, 1.165) is 19.3 Å². The topological polar surface area (TPSA) is 68.0 Å². The summed E-state index contributed by atoms with van der Waals surface area (Å²) in [5.41, 5.74) is 6.09. The van der Waals surface area contributed by atoms with Crippen LogP contribution in [0.1, 0.15) is 32.6 Å². The average Bonchev–Trinajstić information content (AvgIpc) is 2.37. The Balaban J connectivity index is 2.40. The SMILES string of the molecule is CCC(CCN)CCC(=O)Nc1cnccc1Cl. The van der Waals surface area contributed by atoms with Crippen molar-refractivity contribution in [1.29, 1.82) is 0 Å². The molecule has 0 radical (unpaired) electrons. The summed E-state index contributed by atoms with van der Waals surface area (Å²) < 4.78 is 0. The molecule has 3 N–H and O–H groups in total. The van der Waals surface area contributed by atoms with Crippen LogP contribution < -0.4 is 11.1 Å². The monoisotopic (exact) mass is 269 g/mol. The molecule has 0 fully saturated rings. The lowest BCUT2D eigenvalue weighted by molar-refractivity contribution is -0.116. The fourth-order valence-corrected chi connectivity index (χ4v) is 1.96. The van der Waals surface area contributed by atoms with Crippen molar-refractivity contribution in [2.45, 2.75) is 32.6 Å². The number of carbonyl (C=O) groups excluding carboxylic acids is 1.